The van der Waals surface area contributed by atoms with Crippen molar-refractivity contribution in [1.29, 1.82) is 0 Å². The molecule has 0 amide bonds. The number of nitrogens with one attached hydrogen (secondary N) is 1. The molecule has 0 aliphatic carbocycles. The minimum Gasteiger partial charge on any atom is -0.508 e. The molecule has 20 heavy (non-hydrogen) atoms. The van der Waals surface area contributed by atoms with Crippen LogP contribution in [0.25, 0.3) is 0 Å². The van der Waals surface area contributed by atoms with Crippen molar-refractivity contribution in [3.63, 3.8) is 0 Å². The molecule has 0 bridgehead atoms. The van der Waals surface area contributed by atoms with Crippen LogP contribution in [0.5, 0.6) is 5.75 Å². The van der Waals surface area contributed by atoms with E-state index in [0.29, 0.717) is 11.8 Å². The highest BCUT2D eigenvalue weighted by molar-refractivity contribution is 5.25. The number of aromatic hydroxyl groups is 1. The summed E-state index contributed by atoms with van der Waals surface area (Å²) in [7, 11) is 1.94. The predicted molar refractivity (Wildman–Crippen MR) is 80.8 cm³/mol. The Morgan fingerprint density at radius 1 is 1.20 bits per heavy atom. The van der Waals surface area contributed by atoms with E-state index in [1.807, 2.05) is 30.1 Å². The number of nitrogens with zero attached hydrogens (tertiary/aromatic N) is 2. The molecule has 0 aliphatic heterocycles. The van der Waals surface area contributed by atoms with Gasteiger partial charge in [-0.25, -0.2) is 0 Å². The number of phenolic OH excluding ortho intramolecular Hbond substituents is 1. The van der Waals surface area contributed by atoms with E-state index in [1.54, 1.807) is 12.1 Å². The van der Waals surface area contributed by atoms with Crippen LogP contribution in [0.1, 0.15) is 24.6 Å². The molecule has 4 heteroatoms. The molecule has 1 aromatic carbocycles. The van der Waals surface area contributed by atoms with Crippen LogP contribution in [0.15, 0.2) is 36.5 Å². The lowest BCUT2D eigenvalue weighted by atomic mass is 10.1. The zero-order chi connectivity index (χ0) is 14.4. The van der Waals surface area contributed by atoms with Crippen molar-refractivity contribution >= 4 is 0 Å². The van der Waals surface area contributed by atoms with E-state index in [-0.39, 0.29) is 0 Å². The second kappa shape index (κ2) is 7.10. The minimum atomic E-state index is 0.329. The van der Waals surface area contributed by atoms with E-state index in [4.69, 9.17) is 0 Å². The molecule has 1 unspecified atom stereocenters. The van der Waals surface area contributed by atoms with Crippen LogP contribution in [0.3, 0.4) is 0 Å². The van der Waals surface area contributed by atoms with Gasteiger partial charge in [0.25, 0.3) is 0 Å². The first kappa shape index (κ1) is 14.6. The number of rotatable bonds is 7. The summed E-state index contributed by atoms with van der Waals surface area (Å²) >= 11 is 0. The summed E-state index contributed by atoms with van der Waals surface area (Å²) in [5, 5.41) is 17.1. The Morgan fingerprint density at radius 3 is 2.60 bits per heavy atom. The van der Waals surface area contributed by atoms with Crippen LogP contribution in [0.4, 0.5) is 0 Å². The normalized spacial score (nSPS) is 12.5. The number of hydrogen-bond donors (Lipinski definition) is 2. The molecule has 1 aromatic heterocycles. The van der Waals surface area contributed by atoms with E-state index in [9.17, 15) is 5.11 Å². The third-order valence-corrected chi connectivity index (χ3v) is 3.45. The first-order valence-electron chi connectivity index (χ1n) is 7.13. The largest absolute Gasteiger partial charge is 0.508 e. The highest BCUT2D eigenvalue weighted by atomic mass is 16.3. The Kier molecular flexibility index (Phi) is 5.18. The van der Waals surface area contributed by atoms with Crippen LogP contribution >= 0.6 is 0 Å². The molecule has 2 aromatic rings. The molecule has 0 saturated carbocycles. The summed E-state index contributed by atoms with van der Waals surface area (Å²) in [5.41, 5.74) is 2.40. The smallest absolute Gasteiger partial charge is 0.115 e. The lowest BCUT2D eigenvalue weighted by Crippen LogP contribution is -2.28. The van der Waals surface area contributed by atoms with Crippen LogP contribution < -0.4 is 5.32 Å². The van der Waals surface area contributed by atoms with Gasteiger partial charge in [-0.15, -0.1) is 0 Å². The maximum absolute atomic E-state index is 9.24. The van der Waals surface area contributed by atoms with E-state index >= 15 is 0 Å². The molecule has 0 saturated heterocycles. The van der Waals surface area contributed by atoms with Crippen LogP contribution in [0.2, 0.25) is 0 Å². The summed E-state index contributed by atoms with van der Waals surface area (Å²) in [6.07, 6.45) is 5.05. The molecule has 0 fully saturated rings. The van der Waals surface area contributed by atoms with Gasteiger partial charge in [0.1, 0.15) is 5.75 Å². The summed E-state index contributed by atoms with van der Waals surface area (Å²) in [6, 6.07) is 9.99. The monoisotopic (exact) mass is 273 g/mol. The zero-order valence-electron chi connectivity index (χ0n) is 12.2. The average molecular weight is 273 g/mol. The van der Waals surface area contributed by atoms with Gasteiger partial charge in [-0.3, -0.25) is 4.68 Å². The summed E-state index contributed by atoms with van der Waals surface area (Å²) < 4.78 is 1.84. The first-order chi connectivity index (χ1) is 9.63. The lowest BCUT2D eigenvalue weighted by molar-refractivity contribution is 0.474. The number of aryl methyl sites for hydroxylation is 2. The molecule has 2 rings (SSSR count). The summed E-state index contributed by atoms with van der Waals surface area (Å²) in [5.74, 6) is 0.329. The van der Waals surface area contributed by atoms with Gasteiger partial charge in [0.15, 0.2) is 0 Å². The predicted octanol–water partition coefficient (Wildman–Crippen LogP) is 2.28. The van der Waals surface area contributed by atoms with Crippen molar-refractivity contribution in [2.75, 3.05) is 6.54 Å². The van der Waals surface area contributed by atoms with Crippen molar-refractivity contribution in [2.24, 2.45) is 7.05 Å². The fourth-order valence-corrected chi connectivity index (χ4v) is 2.19. The van der Waals surface area contributed by atoms with Gasteiger partial charge >= 0.3 is 0 Å². The van der Waals surface area contributed by atoms with Crippen molar-refractivity contribution < 1.29 is 5.11 Å². The lowest BCUT2D eigenvalue weighted by Gasteiger charge is -2.13. The minimum absolute atomic E-state index is 0.329. The van der Waals surface area contributed by atoms with Crippen LogP contribution in [-0.4, -0.2) is 27.5 Å². The van der Waals surface area contributed by atoms with Gasteiger partial charge in [0.2, 0.25) is 0 Å². The molecule has 0 aliphatic rings. The van der Waals surface area contributed by atoms with Gasteiger partial charge < -0.3 is 10.4 Å². The van der Waals surface area contributed by atoms with Crippen LogP contribution in [-0.2, 0) is 19.9 Å². The van der Waals surface area contributed by atoms with Gasteiger partial charge in [0.05, 0.1) is 5.69 Å². The second-order valence-corrected chi connectivity index (χ2v) is 5.29. The zero-order valence-corrected chi connectivity index (χ0v) is 12.2. The molecule has 2 N–H and O–H groups in total. The Labute approximate surface area is 120 Å². The quantitative estimate of drug-likeness (QED) is 0.813. The number of aromatic nitrogens is 2. The number of phenols is 1. The number of hydrogen-bond acceptors (Lipinski definition) is 3. The number of benzene rings is 1. The Balaban J connectivity index is 1.65. The van der Waals surface area contributed by atoms with Crippen LogP contribution in [0, 0.1) is 0 Å². The Hall–Kier alpha value is -1.81. The first-order valence-corrected chi connectivity index (χ1v) is 7.13. The van der Waals surface area contributed by atoms with Gasteiger partial charge in [-0.2, -0.15) is 5.10 Å². The molecular weight excluding hydrogens is 250 g/mol. The van der Waals surface area contributed by atoms with E-state index in [1.165, 1.54) is 5.56 Å². The summed E-state index contributed by atoms with van der Waals surface area (Å²) in [6.45, 7) is 3.16. The fourth-order valence-electron chi connectivity index (χ4n) is 2.19. The second-order valence-electron chi connectivity index (χ2n) is 5.29. The Bertz CT molecular complexity index is 519. The van der Waals surface area contributed by atoms with E-state index in [0.717, 1.165) is 31.5 Å². The standard InChI is InChI=1S/C16H23N3O/c1-13(3-4-14-5-7-16(20)8-6-14)17-11-9-15-10-12-19(2)18-15/h5-8,10,12-13,17,20H,3-4,9,11H2,1-2H3. The topological polar surface area (TPSA) is 50.1 Å². The van der Waals surface area contributed by atoms with Crippen molar-refractivity contribution in [1.82, 2.24) is 15.1 Å². The molecule has 0 radical (unpaired) electrons. The van der Waals surface area contributed by atoms with E-state index < -0.39 is 0 Å². The highest BCUT2D eigenvalue weighted by Gasteiger charge is 2.03. The molecule has 1 heterocycles. The van der Waals surface area contributed by atoms with Crippen molar-refractivity contribution in [3.8, 4) is 5.75 Å². The summed E-state index contributed by atoms with van der Waals surface area (Å²) in [4.78, 5) is 0. The van der Waals surface area contributed by atoms with Crippen molar-refractivity contribution in [3.05, 3.63) is 47.8 Å². The van der Waals surface area contributed by atoms with Crippen molar-refractivity contribution in [2.45, 2.75) is 32.2 Å². The fraction of sp³-hybridized carbons (Fsp3) is 0.438. The van der Waals surface area contributed by atoms with E-state index in [2.05, 4.69) is 23.4 Å². The third-order valence-electron chi connectivity index (χ3n) is 3.45. The molecule has 108 valence electrons. The third kappa shape index (κ3) is 4.70. The maximum atomic E-state index is 9.24. The molecule has 1 atom stereocenters. The SMILES string of the molecule is CC(CCc1ccc(O)cc1)NCCc1ccn(C)n1. The van der Waals surface area contributed by atoms with Gasteiger partial charge in [0, 0.05) is 32.3 Å². The maximum Gasteiger partial charge on any atom is 0.115 e. The van der Waals surface area contributed by atoms with Gasteiger partial charge in [-0.1, -0.05) is 12.1 Å². The molecule has 4 nitrogen and oxygen atoms in total. The molecule has 0 spiro atoms. The molecular formula is C16H23N3O. The average Bonchev–Trinajstić information content (AvgIpc) is 2.84. The van der Waals surface area contributed by atoms with Gasteiger partial charge in [-0.05, 0) is 43.5 Å². The Morgan fingerprint density at radius 2 is 1.95 bits per heavy atom. The highest BCUT2D eigenvalue weighted by Crippen LogP contribution is 2.11.